The molecule has 2 rings (SSSR count). The summed E-state index contributed by atoms with van der Waals surface area (Å²) in [5.74, 6) is 0.0864. The van der Waals surface area contributed by atoms with Crippen molar-refractivity contribution in [3.05, 3.63) is 28.8 Å². The normalized spacial score (nSPS) is 10.4. The molecule has 19 heavy (non-hydrogen) atoms. The van der Waals surface area contributed by atoms with Crippen molar-refractivity contribution >= 4 is 51.4 Å². The minimum Gasteiger partial charge on any atom is -0.374 e. The van der Waals surface area contributed by atoms with Crippen LogP contribution in [-0.4, -0.2) is 21.9 Å². The molecule has 0 spiro atoms. The first-order chi connectivity index (χ1) is 9.04. The van der Waals surface area contributed by atoms with Crippen molar-refractivity contribution in [1.29, 1.82) is 0 Å². The molecule has 1 heterocycles. The van der Waals surface area contributed by atoms with E-state index in [1.807, 2.05) is 13.0 Å². The van der Waals surface area contributed by atoms with Gasteiger partial charge in [0, 0.05) is 0 Å². The van der Waals surface area contributed by atoms with E-state index in [0.717, 1.165) is 5.56 Å². The molecule has 8 heteroatoms. The number of hydrogen-bond acceptors (Lipinski definition) is 6. The number of anilines is 2. The number of nitrogens with one attached hydrogen (secondary N) is 1. The Bertz CT molecular complexity index is 602. The Labute approximate surface area is 123 Å². The van der Waals surface area contributed by atoms with E-state index in [2.05, 4.69) is 15.5 Å². The van der Waals surface area contributed by atoms with Gasteiger partial charge in [-0.2, -0.15) is 0 Å². The van der Waals surface area contributed by atoms with E-state index in [1.165, 1.54) is 23.1 Å². The molecule has 0 bridgehead atoms. The number of nitrogens with zero attached hydrogens (tertiary/aromatic N) is 2. The molecule has 100 valence electrons. The molecule has 5 nitrogen and oxygen atoms in total. The summed E-state index contributed by atoms with van der Waals surface area (Å²) in [4.78, 5) is 11.8. The maximum absolute atomic E-state index is 11.8. The Balaban J connectivity index is 1.90. The largest absolute Gasteiger partial charge is 0.374 e. The zero-order chi connectivity index (χ0) is 13.8. The number of amides is 1. The van der Waals surface area contributed by atoms with Gasteiger partial charge in [-0.1, -0.05) is 40.8 Å². The number of halogens is 1. The summed E-state index contributed by atoms with van der Waals surface area (Å²) >= 11 is 8.58. The zero-order valence-corrected chi connectivity index (χ0v) is 12.4. The van der Waals surface area contributed by atoms with Crippen molar-refractivity contribution in [3.8, 4) is 0 Å². The number of nitrogens with two attached hydrogens (primary N) is 1. The van der Waals surface area contributed by atoms with Gasteiger partial charge in [-0.25, -0.2) is 0 Å². The number of aromatic nitrogens is 2. The van der Waals surface area contributed by atoms with Crippen molar-refractivity contribution < 1.29 is 4.79 Å². The summed E-state index contributed by atoms with van der Waals surface area (Å²) in [5, 5.41) is 11.2. The zero-order valence-electron chi connectivity index (χ0n) is 10.0. The molecule has 0 fully saturated rings. The lowest BCUT2D eigenvalue weighted by Gasteiger charge is -2.06. The molecule has 0 saturated carbocycles. The van der Waals surface area contributed by atoms with Gasteiger partial charge in [-0.3, -0.25) is 4.79 Å². The summed E-state index contributed by atoms with van der Waals surface area (Å²) in [6.45, 7) is 1.94. The van der Waals surface area contributed by atoms with E-state index >= 15 is 0 Å². The van der Waals surface area contributed by atoms with Gasteiger partial charge in [0.2, 0.25) is 11.0 Å². The lowest BCUT2D eigenvalue weighted by Crippen LogP contribution is -2.14. The second-order valence-corrected chi connectivity index (χ2v) is 6.37. The highest BCUT2D eigenvalue weighted by Crippen LogP contribution is 2.25. The standard InChI is InChI=1S/C11H11ClN4OS2/c1-6-2-3-8(7(12)4-6)14-9(17)5-18-11-16-15-10(13)19-11/h2-4H,5H2,1H3,(H2,13,15)(H,14,17). The Morgan fingerprint density at radius 3 is 2.95 bits per heavy atom. The second kappa shape index (κ2) is 6.23. The van der Waals surface area contributed by atoms with Crippen molar-refractivity contribution in [1.82, 2.24) is 10.2 Å². The first kappa shape index (κ1) is 14.1. The van der Waals surface area contributed by atoms with Crippen LogP contribution in [0.5, 0.6) is 0 Å². The maximum Gasteiger partial charge on any atom is 0.234 e. The molecule has 0 radical (unpaired) electrons. The van der Waals surface area contributed by atoms with Crippen LogP contribution in [0.3, 0.4) is 0 Å². The number of benzene rings is 1. The van der Waals surface area contributed by atoms with Gasteiger partial charge in [0.1, 0.15) is 0 Å². The van der Waals surface area contributed by atoms with E-state index in [4.69, 9.17) is 17.3 Å². The summed E-state index contributed by atoms with van der Waals surface area (Å²) < 4.78 is 0.669. The van der Waals surface area contributed by atoms with Crippen molar-refractivity contribution in [3.63, 3.8) is 0 Å². The number of carbonyl (C=O) groups excluding carboxylic acids is 1. The van der Waals surface area contributed by atoms with Crippen LogP contribution >= 0.6 is 34.7 Å². The molecule has 1 amide bonds. The molecular weight excluding hydrogens is 304 g/mol. The van der Waals surface area contributed by atoms with E-state index in [1.54, 1.807) is 12.1 Å². The van der Waals surface area contributed by atoms with Gasteiger partial charge >= 0.3 is 0 Å². The average Bonchev–Trinajstić information content (AvgIpc) is 2.76. The summed E-state index contributed by atoms with van der Waals surface area (Å²) in [7, 11) is 0. The Morgan fingerprint density at radius 1 is 1.53 bits per heavy atom. The predicted molar refractivity (Wildman–Crippen MR) is 79.9 cm³/mol. The smallest absolute Gasteiger partial charge is 0.234 e. The quantitative estimate of drug-likeness (QED) is 0.848. The van der Waals surface area contributed by atoms with Gasteiger partial charge in [-0.05, 0) is 24.6 Å². The van der Waals surface area contributed by atoms with Crippen LogP contribution in [0.4, 0.5) is 10.8 Å². The van der Waals surface area contributed by atoms with Crippen molar-refractivity contribution in [2.45, 2.75) is 11.3 Å². The van der Waals surface area contributed by atoms with Gasteiger partial charge in [0.05, 0.1) is 16.5 Å². The highest BCUT2D eigenvalue weighted by molar-refractivity contribution is 8.01. The molecule has 2 aromatic rings. The van der Waals surface area contributed by atoms with Gasteiger partial charge in [0.25, 0.3) is 0 Å². The highest BCUT2D eigenvalue weighted by atomic mass is 35.5. The van der Waals surface area contributed by atoms with Crippen LogP contribution in [0.1, 0.15) is 5.56 Å². The topological polar surface area (TPSA) is 80.9 Å². The summed E-state index contributed by atoms with van der Waals surface area (Å²) in [6, 6.07) is 5.47. The van der Waals surface area contributed by atoms with E-state index < -0.39 is 0 Å². The Kier molecular flexibility index (Phi) is 4.62. The fraction of sp³-hybridized carbons (Fsp3) is 0.182. The summed E-state index contributed by atoms with van der Waals surface area (Å²) in [5.41, 5.74) is 7.11. The predicted octanol–water partition coefficient (Wildman–Crippen LogP) is 2.81. The molecule has 0 unspecified atom stereocenters. The van der Waals surface area contributed by atoms with Crippen molar-refractivity contribution in [2.24, 2.45) is 0 Å². The lowest BCUT2D eigenvalue weighted by molar-refractivity contribution is -0.113. The third-order valence-corrected chi connectivity index (χ3v) is 4.35. The molecule has 0 saturated heterocycles. The maximum atomic E-state index is 11.8. The van der Waals surface area contributed by atoms with Gasteiger partial charge < -0.3 is 11.1 Å². The monoisotopic (exact) mass is 314 g/mol. The number of aryl methyl sites for hydroxylation is 1. The Hall–Kier alpha value is -1.31. The van der Waals surface area contributed by atoms with E-state index in [9.17, 15) is 4.79 Å². The average molecular weight is 315 g/mol. The molecule has 0 atom stereocenters. The Morgan fingerprint density at radius 2 is 2.32 bits per heavy atom. The van der Waals surface area contributed by atoms with Crippen LogP contribution in [-0.2, 0) is 4.79 Å². The fourth-order valence-electron chi connectivity index (χ4n) is 1.31. The number of carbonyl (C=O) groups is 1. The second-order valence-electron chi connectivity index (χ2n) is 3.73. The SMILES string of the molecule is Cc1ccc(NC(=O)CSc2nnc(N)s2)c(Cl)c1. The van der Waals surface area contributed by atoms with Crippen LogP contribution < -0.4 is 11.1 Å². The van der Waals surface area contributed by atoms with Crippen LogP contribution in [0.15, 0.2) is 22.5 Å². The lowest BCUT2D eigenvalue weighted by atomic mass is 10.2. The fourth-order valence-corrected chi connectivity index (χ4v) is 3.03. The minimum atomic E-state index is -0.149. The molecule has 1 aromatic carbocycles. The van der Waals surface area contributed by atoms with Crippen molar-refractivity contribution in [2.75, 3.05) is 16.8 Å². The molecular formula is C11H11ClN4OS2. The van der Waals surface area contributed by atoms with Crippen LogP contribution in [0.25, 0.3) is 0 Å². The number of rotatable bonds is 4. The summed E-state index contributed by atoms with van der Waals surface area (Å²) in [6.07, 6.45) is 0. The highest BCUT2D eigenvalue weighted by Gasteiger charge is 2.09. The van der Waals surface area contributed by atoms with Gasteiger partial charge in [-0.15, -0.1) is 10.2 Å². The van der Waals surface area contributed by atoms with E-state index in [0.29, 0.717) is 20.2 Å². The number of nitrogen functional groups attached to an aromatic ring is 1. The van der Waals surface area contributed by atoms with Crippen LogP contribution in [0, 0.1) is 6.92 Å². The van der Waals surface area contributed by atoms with Gasteiger partial charge in [0.15, 0.2) is 4.34 Å². The third kappa shape index (κ3) is 4.09. The molecule has 0 aliphatic heterocycles. The first-order valence-electron chi connectivity index (χ1n) is 5.32. The third-order valence-electron chi connectivity index (χ3n) is 2.15. The van der Waals surface area contributed by atoms with Crippen LogP contribution in [0.2, 0.25) is 5.02 Å². The van der Waals surface area contributed by atoms with E-state index in [-0.39, 0.29) is 11.7 Å². The number of thioether (sulfide) groups is 1. The molecule has 3 N–H and O–H groups in total. The molecule has 0 aliphatic carbocycles. The minimum absolute atomic E-state index is 0.149. The molecule has 1 aromatic heterocycles. The molecule has 0 aliphatic rings. The first-order valence-corrected chi connectivity index (χ1v) is 7.50. The number of hydrogen-bond donors (Lipinski definition) is 2.